The van der Waals surface area contributed by atoms with E-state index < -0.39 is 0 Å². The van der Waals surface area contributed by atoms with Crippen molar-refractivity contribution in [3.63, 3.8) is 0 Å². The van der Waals surface area contributed by atoms with E-state index in [1.54, 1.807) is 0 Å². The first kappa shape index (κ1) is 15.2. The van der Waals surface area contributed by atoms with Gasteiger partial charge >= 0.3 is 0 Å². The van der Waals surface area contributed by atoms with Gasteiger partial charge in [0.05, 0.1) is 11.0 Å². The molecule has 0 saturated carbocycles. The minimum Gasteiger partial charge on any atom is -0.328 e. The maximum Gasteiger partial charge on any atom is 0.109 e. The first-order valence-corrected chi connectivity index (χ1v) is 8.99. The Morgan fingerprint density at radius 2 is 1.73 bits per heavy atom. The van der Waals surface area contributed by atoms with Gasteiger partial charge in [-0.3, -0.25) is 0 Å². The lowest BCUT2D eigenvalue weighted by atomic mass is 10.3. The molecule has 0 unspecified atom stereocenters. The average Bonchev–Trinajstić information content (AvgIpc) is 2.93. The topological polar surface area (TPSA) is 17.8 Å². The van der Waals surface area contributed by atoms with Crippen LogP contribution in [0, 0.1) is 0 Å². The van der Waals surface area contributed by atoms with E-state index in [9.17, 15) is 0 Å². The van der Waals surface area contributed by atoms with Crippen LogP contribution in [0.5, 0.6) is 0 Å². The summed E-state index contributed by atoms with van der Waals surface area (Å²) in [5.41, 5.74) is 2.40. The van der Waals surface area contributed by atoms with E-state index in [4.69, 9.17) is 4.98 Å². The fraction of sp³-hybridized carbons (Fsp3) is 0.316. The third-order valence-electron chi connectivity index (χ3n) is 3.84. The molecular formula is C19H22N2S. The summed E-state index contributed by atoms with van der Waals surface area (Å²) in [5.74, 6) is 2.38. The number of aromatic nitrogens is 2. The summed E-state index contributed by atoms with van der Waals surface area (Å²) in [5, 5.41) is 0. The number of hydrogen-bond acceptors (Lipinski definition) is 2. The van der Waals surface area contributed by atoms with Gasteiger partial charge < -0.3 is 4.57 Å². The van der Waals surface area contributed by atoms with Crippen molar-refractivity contribution in [2.24, 2.45) is 0 Å². The molecule has 22 heavy (non-hydrogen) atoms. The molecule has 114 valence electrons. The van der Waals surface area contributed by atoms with Crippen LogP contribution in [0.1, 0.15) is 25.6 Å². The smallest absolute Gasteiger partial charge is 0.109 e. The minimum atomic E-state index is 0.993. The monoisotopic (exact) mass is 310 g/mol. The molecule has 2 aromatic carbocycles. The number of imidazole rings is 1. The molecule has 0 aliphatic heterocycles. The Morgan fingerprint density at radius 3 is 2.55 bits per heavy atom. The summed E-state index contributed by atoms with van der Waals surface area (Å²) in [6, 6.07) is 19.1. The van der Waals surface area contributed by atoms with Crippen LogP contribution < -0.4 is 0 Å². The molecule has 0 saturated heterocycles. The Hall–Kier alpha value is -1.74. The first-order chi connectivity index (χ1) is 10.9. The molecule has 1 heterocycles. The minimum absolute atomic E-state index is 0.993. The van der Waals surface area contributed by atoms with Gasteiger partial charge in [0.2, 0.25) is 0 Å². The molecule has 0 spiro atoms. The number of hydrogen-bond donors (Lipinski definition) is 0. The average molecular weight is 310 g/mol. The molecule has 0 atom stereocenters. The lowest BCUT2D eigenvalue weighted by molar-refractivity contribution is 0.622. The van der Waals surface area contributed by atoms with Gasteiger partial charge in [-0.1, -0.05) is 37.3 Å². The van der Waals surface area contributed by atoms with E-state index in [2.05, 4.69) is 66.1 Å². The van der Waals surface area contributed by atoms with E-state index in [1.165, 1.54) is 34.8 Å². The van der Waals surface area contributed by atoms with Crippen molar-refractivity contribution in [3.05, 3.63) is 60.4 Å². The van der Waals surface area contributed by atoms with Gasteiger partial charge in [0, 0.05) is 17.9 Å². The van der Waals surface area contributed by atoms with Crippen LogP contribution in [0.25, 0.3) is 11.0 Å². The van der Waals surface area contributed by atoms with Crippen LogP contribution in [0.3, 0.4) is 0 Å². The standard InChI is InChI=1S/C19H22N2S/c1-2-19-20-17-12-6-7-13-18(17)21(19)14-8-9-15-22-16-10-4-3-5-11-16/h3-7,10-13H,2,8-9,14-15H2,1H3. The van der Waals surface area contributed by atoms with Gasteiger partial charge in [0.25, 0.3) is 0 Å². The van der Waals surface area contributed by atoms with Crippen LogP contribution in [-0.2, 0) is 13.0 Å². The fourth-order valence-electron chi connectivity index (χ4n) is 2.72. The largest absolute Gasteiger partial charge is 0.328 e. The van der Waals surface area contributed by atoms with E-state index in [0.717, 1.165) is 18.5 Å². The zero-order valence-corrected chi connectivity index (χ0v) is 13.9. The summed E-state index contributed by atoms with van der Waals surface area (Å²) >= 11 is 1.95. The zero-order valence-electron chi connectivity index (χ0n) is 13.0. The van der Waals surface area contributed by atoms with Crippen LogP contribution in [0.15, 0.2) is 59.5 Å². The van der Waals surface area contributed by atoms with E-state index in [0.29, 0.717) is 0 Å². The molecule has 0 bridgehead atoms. The Balaban J connectivity index is 1.55. The summed E-state index contributed by atoms with van der Waals surface area (Å²) < 4.78 is 2.39. The highest BCUT2D eigenvalue weighted by Gasteiger charge is 2.07. The van der Waals surface area contributed by atoms with Crippen LogP contribution >= 0.6 is 11.8 Å². The van der Waals surface area contributed by atoms with Crippen LogP contribution in [-0.4, -0.2) is 15.3 Å². The predicted octanol–water partition coefficient (Wildman–Crippen LogP) is 5.17. The second-order valence-electron chi connectivity index (χ2n) is 5.39. The van der Waals surface area contributed by atoms with E-state index in [-0.39, 0.29) is 0 Å². The zero-order chi connectivity index (χ0) is 15.2. The van der Waals surface area contributed by atoms with Gasteiger partial charge in [0.15, 0.2) is 0 Å². The van der Waals surface area contributed by atoms with Crippen molar-refractivity contribution in [2.45, 2.75) is 37.6 Å². The number of unbranched alkanes of at least 4 members (excludes halogenated alkanes) is 1. The SMILES string of the molecule is CCc1nc2ccccc2n1CCCCSc1ccccc1. The molecule has 0 amide bonds. The second kappa shape index (κ2) is 7.50. The fourth-order valence-corrected chi connectivity index (χ4v) is 3.66. The van der Waals surface area contributed by atoms with Crippen LogP contribution in [0.2, 0.25) is 0 Å². The molecule has 1 aromatic heterocycles. The number of aryl methyl sites for hydroxylation is 2. The maximum atomic E-state index is 4.74. The van der Waals surface area contributed by atoms with Crippen LogP contribution in [0.4, 0.5) is 0 Å². The number of rotatable bonds is 7. The van der Waals surface area contributed by atoms with Gasteiger partial charge in [-0.15, -0.1) is 11.8 Å². The quantitative estimate of drug-likeness (QED) is 0.442. The van der Waals surface area contributed by atoms with Crippen molar-refractivity contribution >= 4 is 22.8 Å². The number of nitrogens with zero attached hydrogens (tertiary/aromatic N) is 2. The van der Waals surface area contributed by atoms with Gasteiger partial charge in [0.1, 0.15) is 5.82 Å². The lowest BCUT2D eigenvalue weighted by Crippen LogP contribution is -2.03. The predicted molar refractivity (Wildman–Crippen MR) is 95.5 cm³/mol. The molecule has 0 N–H and O–H groups in total. The van der Waals surface area contributed by atoms with Gasteiger partial charge in [-0.25, -0.2) is 4.98 Å². The number of thioether (sulfide) groups is 1. The van der Waals surface area contributed by atoms with Crippen molar-refractivity contribution < 1.29 is 0 Å². The molecule has 0 aliphatic rings. The summed E-state index contributed by atoms with van der Waals surface area (Å²) in [6.07, 6.45) is 3.43. The van der Waals surface area contributed by atoms with Crippen molar-refractivity contribution in [1.82, 2.24) is 9.55 Å². The number of benzene rings is 2. The van der Waals surface area contributed by atoms with E-state index >= 15 is 0 Å². The molecule has 3 aromatic rings. The summed E-state index contributed by atoms with van der Waals surface area (Å²) in [4.78, 5) is 6.10. The highest BCUT2D eigenvalue weighted by Crippen LogP contribution is 2.20. The second-order valence-corrected chi connectivity index (χ2v) is 6.56. The van der Waals surface area contributed by atoms with Crippen molar-refractivity contribution in [1.29, 1.82) is 0 Å². The Kier molecular flexibility index (Phi) is 5.17. The lowest BCUT2D eigenvalue weighted by Gasteiger charge is -2.08. The van der Waals surface area contributed by atoms with E-state index in [1.807, 2.05) is 11.8 Å². The summed E-state index contributed by atoms with van der Waals surface area (Å²) in [7, 11) is 0. The van der Waals surface area contributed by atoms with Crippen molar-refractivity contribution in [2.75, 3.05) is 5.75 Å². The molecular weight excluding hydrogens is 288 g/mol. The van der Waals surface area contributed by atoms with Crippen molar-refractivity contribution in [3.8, 4) is 0 Å². The highest BCUT2D eigenvalue weighted by atomic mass is 32.2. The molecule has 3 heteroatoms. The molecule has 0 radical (unpaired) electrons. The molecule has 3 rings (SSSR count). The van der Waals surface area contributed by atoms with Gasteiger partial charge in [-0.2, -0.15) is 0 Å². The van der Waals surface area contributed by atoms with Gasteiger partial charge in [-0.05, 0) is 42.9 Å². The normalized spacial score (nSPS) is 11.1. The third-order valence-corrected chi connectivity index (χ3v) is 4.94. The highest BCUT2D eigenvalue weighted by molar-refractivity contribution is 7.99. The molecule has 0 aliphatic carbocycles. The Morgan fingerprint density at radius 1 is 0.955 bits per heavy atom. The number of para-hydroxylation sites is 2. The third kappa shape index (κ3) is 3.53. The Bertz CT molecular complexity index is 719. The molecule has 2 nitrogen and oxygen atoms in total. The maximum absolute atomic E-state index is 4.74. The number of fused-ring (bicyclic) bond motifs is 1. The molecule has 0 fully saturated rings. The summed E-state index contributed by atoms with van der Waals surface area (Å²) in [6.45, 7) is 3.25. The Labute approximate surface area is 136 Å². The first-order valence-electron chi connectivity index (χ1n) is 8.00.